The summed E-state index contributed by atoms with van der Waals surface area (Å²) in [6.45, 7) is -0.349. The summed E-state index contributed by atoms with van der Waals surface area (Å²) in [6, 6.07) is 6.32. The molecule has 1 heterocycles. The van der Waals surface area contributed by atoms with E-state index in [9.17, 15) is 9.59 Å². The molecule has 8 heteroatoms. The number of halogens is 2. The van der Waals surface area contributed by atoms with E-state index in [1.165, 1.54) is 6.07 Å². The maximum Gasteiger partial charge on any atom is 0.349 e. The van der Waals surface area contributed by atoms with Crippen molar-refractivity contribution in [3.8, 4) is 5.75 Å². The van der Waals surface area contributed by atoms with Crippen molar-refractivity contribution in [1.29, 1.82) is 0 Å². The number of carboxylic acids is 1. The van der Waals surface area contributed by atoms with Crippen LogP contribution in [-0.4, -0.2) is 23.6 Å². The molecule has 1 amide bonds. The van der Waals surface area contributed by atoms with E-state index in [2.05, 4.69) is 5.32 Å². The van der Waals surface area contributed by atoms with Crippen LogP contribution >= 0.6 is 34.5 Å². The largest absolute Gasteiger partial charge is 0.482 e. The van der Waals surface area contributed by atoms with Gasteiger partial charge in [0.1, 0.15) is 5.75 Å². The van der Waals surface area contributed by atoms with Gasteiger partial charge in [0.05, 0.1) is 15.7 Å². The van der Waals surface area contributed by atoms with E-state index in [0.29, 0.717) is 15.7 Å². The van der Waals surface area contributed by atoms with Gasteiger partial charge in [0.25, 0.3) is 5.91 Å². The Balaban J connectivity index is 2.00. The molecule has 0 unspecified atom stereocenters. The van der Waals surface area contributed by atoms with Crippen molar-refractivity contribution in [2.24, 2.45) is 0 Å². The van der Waals surface area contributed by atoms with E-state index in [1.807, 2.05) is 0 Å². The molecule has 0 saturated carbocycles. The highest BCUT2D eigenvalue weighted by molar-refractivity contribution is 7.12. The van der Waals surface area contributed by atoms with Crippen LogP contribution in [0.4, 0.5) is 5.69 Å². The molecule has 1 aromatic carbocycles. The molecule has 0 aliphatic carbocycles. The van der Waals surface area contributed by atoms with Crippen LogP contribution in [0.1, 0.15) is 9.67 Å². The third-order valence-electron chi connectivity index (χ3n) is 2.41. The second kappa shape index (κ2) is 6.80. The molecule has 0 fully saturated rings. The Morgan fingerprint density at radius 2 is 1.90 bits per heavy atom. The molecule has 2 N–H and O–H groups in total. The highest BCUT2D eigenvalue weighted by Crippen LogP contribution is 2.30. The Hall–Kier alpha value is -1.76. The lowest BCUT2D eigenvalue weighted by atomic mass is 10.3. The van der Waals surface area contributed by atoms with Gasteiger partial charge in [0.2, 0.25) is 0 Å². The first-order valence-electron chi connectivity index (χ1n) is 5.66. The Labute approximate surface area is 134 Å². The van der Waals surface area contributed by atoms with Crippen molar-refractivity contribution in [2.45, 2.75) is 0 Å². The predicted molar refractivity (Wildman–Crippen MR) is 81.9 cm³/mol. The summed E-state index contributed by atoms with van der Waals surface area (Å²) < 4.78 is 5.18. The summed E-state index contributed by atoms with van der Waals surface area (Å²) in [5, 5.41) is 13.6. The number of nitrogens with one attached hydrogen (secondary N) is 1. The average molecular weight is 346 g/mol. The van der Waals surface area contributed by atoms with Crippen LogP contribution in [-0.2, 0) is 4.79 Å². The molecule has 2 aromatic rings. The number of ether oxygens (including phenoxy) is 1. The third kappa shape index (κ3) is 3.87. The van der Waals surface area contributed by atoms with E-state index in [-0.39, 0.29) is 17.2 Å². The van der Waals surface area contributed by atoms with E-state index < -0.39 is 11.9 Å². The van der Waals surface area contributed by atoms with Gasteiger partial charge >= 0.3 is 5.97 Å². The average Bonchev–Trinajstić information content (AvgIpc) is 2.89. The van der Waals surface area contributed by atoms with Crippen molar-refractivity contribution < 1.29 is 19.4 Å². The minimum Gasteiger partial charge on any atom is -0.482 e. The minimum absolute atomic E-state index is 0.0403. The Kier molecular flexibility index (Phi) is 5.06. The maximum atomic E-state index is 11.8. The molecule has 0 aliphatic heterocycles. The van der Waals surface area contributed by atoms with Gasteiger partial charge in [-0.1, -0.05) is 29.3 Å². The summed E-state index contributed by atoms with van der Waals surface area (Å²) in [4.78, 5) is 22.7. The van der Waals surface area contributed by atoms with Gasteiger partial charge < -0.3 is 15.2 Å². The van der Waals surface area contributed by atoms with Gasteiger partial charge in [-0.15, -0.1) is 11.3 Å². The number of hydrogen-bond acceptors (Lipinski definition) is 4. The molecular weight excluding hydrogens is 337 g/mol. The standard InChI is InChI=1S/C13H9Cl2NO4S/c14-7-2-1-3-8(15)11(7)16-10(17)6-20-9-4-5-21-12(9)13(18)19/h1-5H,6H2,(H,16,17)(H,18,19). The van der Waals surface area contributed by atoms with Crippen molar-refractivity contribution in [1.82, 2.24) is 0 Å². The van der Waals surface area contributed by atoms with Crippen molar-refractivity contribution >= 4 is 52.1 Å². The quantitative estimate of drug-likeness (QED) is 0.864. The van der Waals surface area contributed by atoms with Crippen molar-refractivity contribution in [3.05, 3.63) is 44.6 Å². The highest BCUT2D eigenvalue weighted by atomic mass is 35.5. The monoisotopic (exact) mass is 345 g/mol. The SMILES string of the molecule is O=C(COc1ccsc1C(=O)O)Nc1c(Cl)cccc1Cl. The fourth-order valence-electron chi connectivity index (χ4n) is 1.50. The van der Waals surface area contributed by atoms with Gasteiger partial charge in [0, 0.05) is 0 Å². The van der Waals surface area contributed by atoms with E-state index >= 15 is 0 Å². The fraction of sp³-hybridized carbons (Fsp3) is 0.0769. The van der Waals surface area contributed by atoms with Gasteiger partial charge in [-0.2, -0.15) is 0 Å². The Morgan fingerprint density at radius 1 is 1.24 bits per heavy atom. The number of thiophene rings is 1. The number of benzene rings is 1. The van der Waals surface area contributed by atoms with Crippen LogP contribution in [0.25, 0.3) is 0 Å². The number of hydrogen-bond donors (Lipinski definition) is 2. The molecule has 1 aromatic heterocycles. The number of carbonyl (C=O) groups is 2. The first-order chi connectivity index (χ1) is 9.99. The smallest absolute Gasteiger partial charge is 0.349 e. The Morgan fingerprint density at radius 3 is 2.52 bits per heavy atom. The van der Waals surface area contributed by atoms with E-state index in [4.69, 9.17) is 33.0 Å². The molecule has 0 bridgehead atoms. The summed E-state index contributed by atoms with van der Waals surface area (Å²) in [6.07, 6.45) is 0. The van der Waals surface area contributed by atoms with Gasteiger partial charge in [-0.05, 0) is 23.6 Å². The highest BCUT2D eigenvalue weighted by Gasteiger charge is 2.15. The molecule has 0 atom stereocenters. The summed E-state index contributed by atoms with van der Waals surface area (Å²) >= 11 is 12.9. The number of para-hydroxylation sites is 1. The van der Waals surface area contributed by atoms with E-state index in [1.54, 1.807) is 23.6 Å². The topological polar surface area (TPSA) is 75.6 Å². The predicted octanol–water partition coefficient (Wildman–Crippen LogP) is 3.77. The number of rotatable bonds is 5. The maximum absolute atomic E-state index is 11.8. The minimum atomic E-state index is -1.10. The summed E-state index contributed by atoms with van der Waals surface area (Å²) in [5.41, 5.74) is 0.290. The van der Waals surface area contributed by atoms with Gasteiger partial charge in [-0.25, -0.2) is 4.79 Å². The molecule has 110 valence electrons. The van der Waals surface area contributed by atoms with Gasteiger partial charge in [0.15, 0.2) is 11.5 Å². The second-order valence-corrected chi connectivity index (χ2v) is 5.58. The molecule has 2 rings (SSSR count). The number of anilines is 1. The van der Waals surface area contributed by atoms with Crippen LogP contribution in [0, 0.1) is 0 Å². The lowest BCUT2D eigenvalue weighted by molar-refractivity contribution is -0.118. The zero-order valence-electron chi connectivity index (χ0n) is 10.4. The van der Waals surface area contributed by atoms with Gasteiger partial charge in [-0.3, -0.25) is 4.79 Å². The van der Waals surface area contributed by atoms with Crippen LogP contribution in [0.2, 0.25) is 10.0 Å². The number of amides is 1. The zero-order chi connectivity index (χ0) is 15.4. The lowest BCUT2D eigenvalue weighted by Crippen LogP contribution is -2.21. The summed E-state index contributed by atoms with van der Waals surface area (Å²) in [5.74, 6) is -1.45. The Bertz CT molecular complexity index is 666. The number of carboxylic acid groups (broad SMARTS) is 1. The number of aromatic carboxylic acids is 1. The molecule has 21 heavy (non-hydrogen) atoms. The molecule has 0 saturated heterocycles. The van der Waals surface area contributed by atoms with Crippen LogP contribution in [0.5, 0.6) is 5.75 Å². The van der Waals surface area contributed by atoms with E-state index in [0.717, 1.165) is 11.3 Å². The van der Waals surface area contributed by atoms with Crippen LogP contribution in [0.15, 0.2) is 29.6 Å². The molecule has 5 nitrogen and oxygen atoms in total. The first-order valence-corrected chi connectivity index (χ1v) is 7.30. The molecule has 0 radical (unpaired) electrons. The third-order valence-corrected chi connectivity index (χ3v) is 3.92. The van der Waals surface area contributed by atoms with Crippen LogP contribution < -0.4 is 10.1 Å². The zero-order valence-corrected chi connectivity index (χ0v) is 12.8. The molecule has 0 aliphatic rings. The van der Waals surface area contributed by atoms with Crippen molar-refractivity contribution in [3.63, 3.8) is 0 Å². The molecule has 0 spiro atoms. The number of carbonyl (C=O) groups excluding carboxylic acids is 1. The first kappa shape index (κ1) is 15.6. The lowest BCUT2D eigenvalue weighted by Gasteiger charge is -2.09. The fourth-order valence-corrected chi connectivity index (χ4v) is 2.67. The normalized spacial score (nSPS) is 10.2. The molecular formula is C13H9Cl2NO4S. The second-order valence-electron chi connectivity index (χ2n) is 3.85. The summed E-state index contributed by atoms with van der Waals surface area (Å²) in [7, 11) is 0. The van der Waals surface area contributed by atoms with Crippen molar-refractivity contribution in [2.75, 3.05) is 11.9 Å². The van der Waals surface area contributed by atoms with Crippen LogP contribution in [0.3, 0.4) is 0 Å².